The molecule has 0 saturated carbocycles. The lowest BCUT2D eigenvalue weighted by Crippen LogP contribution is -2.43. The molecule has 1 aliphatic rings. The first-order valence-electron chi connectivity index (χ1n) is 7.47. The van der Waals surface area contributed by atoms with Gasteiger partial charge < -0.3 is 15.0 Å². The number of halogens is 2. The summed E-state index contributed by atoms with van der Waals surface area (Å²) in [5, 5.41) is 4.64. The predicted octanol–water partition coefficient (Wildman–Crippen LogP) is 3.62. The van der Waals surface area contributed by atoms with Gasteiger partial charge in [0.1, 0.15) is 6.61 Å². The Morgan fingerprint density at radius 2 is 2.33 bits per heavy atom. The molecule has 1 aliphatic heterocycles. The fourth-order valence-electron chi connectivity index (χ4n) is 2.47. The molecule has 128 valence electrons. The third-order valence-electron chi connectivity index (χ3n) is 3.58. The van der Waals surface area contributed by atoms with Crippen molar-refractivity contribution in [3.8, 4) is 11.3 Å². The minimum Gasteiger partial charge on any atom is -0.373 e. The number of pyridine rings is 1. The summed E-state index contributed by atoms with van der Waals surface area (Å²) >= 11 is 1.58. The van der Waals surface area contributed by atoms with Gasteiger partial charge >= 0.3 is 6.03 Å². The number of aryl methyl sites for hydroxylation is 1. The van der Waals surface area contributed by atoms with Gasteiger partial charge in [-0.2, -0.15) is 0 Å². The maximum Gasteiger partial charge on any atom is 0.322 e. The van der Waals surface area contributed by atoms with E-state index in [0.717, 1.165) is 15.3 Å². The Morgan fingerprint density at radius 1 is 1.50 bits per heavy atom. The number of thiophene rings is 1. The van der Waals surface area contributed by atoms with Crippen LogP contribution in [0.4, 0.5) is 19.3 Å². The summed E-state index contributed by atoms with van der Waals surface area (Å²) in [5.74, 6) is -3.05. The number of nitrogens with one attached hydrogen (secondary N) is 1. The van der Waals surface area contributed by atoms with Crippen molar-refractivity contribution < 1.29 is 18.3 Å². The van der Waals surface area contributed by atoms with E-state index < -0.39 is 25.1 Å². The molecule has 0 aliphatic carbocycles. The van der Waals surface area contributed by atoms with Crippen molar-refractivity contribution in [3.63, 3.8) is 0 Å². The van der Waals surface area contributed by atoms with Crippen LogP contribution in [0.15, 0.2) is 29.8 Å². The number of carbonyl (C=O) groups excluding carboxylic acids is 1. The van der Waals surface area contributed by atoms with Crippen LogP contribution < -0.4 is 5.32 Å². The first kappa shape index (κ1) is 16.8. The molecule has 1 saturated heterocycles. The second kappa shape index (κ2) is 6.82. The number of hydrogen-bond donors (Lipinski definition) is 1. The van der Waals surface area contributed by atoms with E-state index >= 15 is 0 Å². The molecule has 2 aromatic heterocycles. The minimum atomic E-state index is -3.05. The molecule has 0 atom stereocenters. The molecule has 0 unspecified atom stereocenters. The lowest BCUT2D eigenvalue weighted by molar-refractivity contribution is -0.0648. The van der Waals surface area contributed by atoms with E-state index in [1.807, 2.05) is 18.4 Å². The van der Waals surface area contributed by atoms with Gasteiger partial charge in [-0.15, -0.1) is 11.3 Å². The van der Waals surface area contributed by atoms with E-state index in [9.17, 15) is 13.6 Å². The average molecular weight is 353 g/mol. The molecule has 24 heavy (non-hydrogen) atoms. The van der Waals surface area contributed by atoms with Crippen molar-refractivity contribution in [2.24, 2.45) is 0 Å². The van der Waals surface area contributed by atoms with E-state index in [1.165, 1.54) is 0 Å². The van der Waals surface area contributed by atoms with Crippen LogP contribution in [-0.4, -0.2) is 48.1 Å². The number of rotatable bonds is 2. The molecule has 0 bridgehead atoms. The lowest BCUT2D eigenvalue weighted by Gasteiger charge is -2.23. The predicted molar refractivity (Wildman–Crippen MR) is 88.6 cm³/mol. The van der Waals surface area contributed by atoms with Crippen LogP contribution in [0.5, 0.6) is 0 Å². The number of carbonyl (C=O) groups is 1. The zero-order valence-corrected chi connectivity index (χ0v) is 13.9. The van der Waals surface area contributed by atoms with Crippen molar-refractivity contribution in [3.05, 3.63) is 34.7 Å². The van der Waals surface area contributed by atoms with Crippen LogP contribution in [0.2, 0.25) is 0 Å². The highest BCUT2D eigenvalue weighted by Crippen LogP contribution is 2.29. The zero-order chi connectivity index (χ0) is 17.2. The highest BCUT2D eigenvalue weighted by Gasteiger charge is 2.36. The van der Waals surface area contributed by atoms with Gasteiger partial charge in [0.2, 0.25) is 0 Å². The number of hydrogen-bond acceptors (Lipinski definition) is 4. The summed E-state index contributed by atoms with van der Waals surface area (Å²) in [6.07, 6.45) is 1.63. The van der Waals surface area contributed by atoms with E-state index in [1.54, 1.807) is 29.7 Å². The highest BCUT2D eigenvalue weighted by molar-refractivity contribution is 7.10. The molecule has 1 N–H and O–H groups in total. The standard InChI is InChI=1S/C16H17F2N3O2S/c1-11-7-12(8-24-11)14-13(3-2-4-19-14)20-15(22)21-5-6-23-10-16(17,18)9-21/h2-4,7-8H,5-6,9-10H2,1H3,(H,20,22). The Bertz CT molecular complexity index is 736. The van der Waals surface area contributed by atoms with Crippen LogP contribution in [0.3, 0.4) is 0 Å². The molecule has 2 amide bonds. The van der Waals surface area contributed by atoms with E-state index in [2.05, 4.69) is 10.3 Å². The van der Waals surface area contributed by atoms with Gasteiger partial charge in [0.15, 0.2) is 0 Å². The molecule has 0 radical (unpaired) electrons. The van der Waals surface area contributed by atoms with Crippen molar-refractivity contribution in [2.75, 3.05) is 31.6 Å². The summed E-state index contributed by atoms with van der Waals surface area (Å²) in [4.78, 5) is 18.9. The number of aromatic nitrogens is 1. The van der Waals surface area contributed by atoms with Crippen LogP contribution in [0, 0.1) is 6.92 Å². The Hall–Kier alpha value is -2.06. The molecule has 8 heteroatoms. The van der Waals surface area contributed by atoms with E-state index in [0.29, 0.717) is 11.4 Å². The van der Waals surface area contributed by atoms with Crippen molar-refractivity contribution in [1.82, 2.24) is 9.88 Å². The number of ether oxygens (including phenoxy) is 1. The van der Waals surface area contributed by atoms with Gasteiger partial charge in [0.25, 0.3) is 5.92 Å². The topological polar surface area (TPSA) is 54.5 Å². The van der Waals surface area contributed by atoms with Crippen molar-refractivity contribution in [1.29, 1.82) is 0 Å². The molecular formula is C16H17F2N3O2S. The number of anilines is 1. The summed E-state index contributed by atoms with van der Waals surface area (Å²) in [7, 11) is 0. The second-order valence-electron chi connectivity index (χ2n) is 5.61. The van der Waals surface area contributed by atoms with Crippen molar-refractivity contribution >= 4 is 23.1 Å². The number of amides is 2. The molecule has 3 rings (SSSR count). The maximum atomic E-state index is 13.6. The highest BCUT2D eigenvalue weighted by atomic mass is 32.1. The van der Waals surface area contributed by atoms with Gasteiger partial charge in [-0.05, 0) is 25.1 Å². The van der Waals surface area contributed by atoms with Gasteiger partial charge in [-0.3, -0.25) is 4.98 Å². The summed E-state index contributed by atoms with van der Waals surface area (Å²) in [5.41, 5.74) is 2.00. The fraction of sp³-hybridized carbons (Fsp3) is 0.375. The van der Waals surface area contributed by atoms with Crippen molar-refractivity contribution in [2.45, 2.75) is 12.8 Å². The summed E-state index contributed by atoms with van der Waals surface area (Å²) in [6.45, 7) is 0.866. The fourth-order valence-corrected chi connectivity index (χ4v) is 3.16. The maximum absolute atomic E-state index is 13.6. The first-order chi connectivity index (χ1) is 11.4. The lowest BCUT2D eigenvalue weighted by atomic mass is 10.2. The molecule has 0 spiro atoms. The third kappa shape index (κ3) is 3.88. The number of alkyl halides is 2. The van der Waals surface area contributed by atoms with Gasteiger partial charge in [0.05, 0.1) is 24.5 Å². The summed E-state index contributed by atoms with van der Waals surface area (Å²) < 4.78 is 32.1. The normalized spacial score (nSPS) is 17.4. The third-order valence-corrected chi connectivity index (χ3v) is 4.44. The van der Waals surface area contributed by atoms with Crippen LogP contribution in [0.1, 0.15) is 4.88 Å². The number of urea groups is 1. The minimum absolute atomic E-state index is 0.0899. The SMILES string of the molecule is Cc1cc(-c2ncccc2NC(=O)N2CCOCC(F)(F)C2)cs1. The Morgan fingerprint density at radius 3 is 3.08 bits per heavy atom. The van der Waals surface area contributed by atoms with E-state index in [-0.39, 0.29) is 13.2 Å². The molecule has 0 aromatic carbocycles. The smallest absolute Gasteiger partial charge is 0.322 e. The Kier molecular flexibility index (Phi) is 4.77. The quantitative estimate of drug-likeness (QED) is 0.897. The van der Waals surface area contributed by atoms with Gasteiger partial charge in [-0.25, -0.2) is 13.6 Å². The van der Waals surface area contributed by atoms with Crippen LogP contribution in [0.25, 0.3) is 11.3 Å². The number of nitrogens with zero attached hydrogens (tertiary/aromatic N) is 2. The second-order valence-corrected chi connectivity index (χ2v) is 6.72. The molecular weight excluding hydrogens is 336 g/mol. The molecule has 1 fully saturated rings. The van der Waals surface area contributed by atoms with Gasteiger partial charge in [-0.1, -0.05) is 0 Å². The molecule has 2 aromatic rings. The Balaban J connectivity index is 1.80. The van der Waals surface area contributed by atoms with Gasteiger partial charge in [0, 0.05) is 28.6 Å². The average Bonchev–Trinajstić information content (AvgIpc) is 2.88. The summed E-state index contributed by atoms with van der Waals surface area (Å²) in [6, 6.07) is 4.79. The largest absolute Gasteiger partial charge is 0.373 e. The van der Waals surface area contributed by atoms with Crippen LogP contribution >= 0.6 is 11.3 Å². The first-order valence-corrected chi connectivity index (χ1v) is 8.35. The monoisotopic (exact) mass is 353 g/mol. The molecule has 5 nitrogen and oxygen atoms in total. The van der Waals surface area contributed by atoms with E-state index in [4.69, 9.17) is 4.74 Å². The Labute approximate surface area is 142 Å². The van der Waals surface area contributed by atoms with Crippen LogP contribution in [-0.2, 0) is 4.74 Å². The zero-order valence-electron chi connectivity index (χ0n) is 13.1. The molecule has 3 heterocycles.